The van der Waals surface area contributed by atoms with Crippen LogP contribution in [0.15, 0.2) is 47.3 Å². The standard InChI is InChI=1S/C16H15N3O/c1-10-7-8-11(2)14(9-10)15-12-5-3-4-6-13(12)16(20)19(17)18-15/h3-9H,17H2,1-2H3. The Balaban J connectivity index is 2.45. The maximum Gasteiger partial charge on any atom is 0.293 e. The molecular formula is C16H15N3O. The van der Waals surface area contributed by atoms with Gasteiger partial charge in [-0.1, -0.05) is 35.9 Å². The van der Waals surface area contributed by atoms with Gasteiger partial charge < -0.3 is 5.84 Å². The van der Waals surface area contributed by atoms with Crippen LogP contribution in [0.2, 0.25) is 0 Å². The monoisotopic (exact) mass is 265 g/mol. The molecule has 1 aromatic heterocycles. The SMILES string of the molecule is Cc1ccc(C)c(-c2nn(N)c(=O)c3ccccc23)c1. The van der Waals surface area contributed by atoms with Gasteiger partial charge in [-0.2, -0.15) is 0 Å². The third kappa shape index (κ3) is 1.86. The molecule has 0 aliphatic rings. The summed E-state index contributed by atoms with van der Waals surface area (Å²) in [5.41, 5.74) is 3.71. The number of fused-ring (bicyclic) bond motifs is 1. The average Bonchev–Trinajstić information content (AvgIpc) is 2.46. The molecule has 0 spiro atoms. The van der Waals surface area contributed by atoms with Gasteiger partial charge in [-0.15, -0.1) is 9.89 Å². The summed E-state index contributed by atoms with van der Waals surface area (Å²) in [4.78, 5) is 13.0. The van der Waals surface area contributed by atoms with Crippen molar-refractivity contribution in [2.24, 2.45) is 0 Å². The Morgan fingerprint density at radius 3 is 2.50 bits per heavy atom. The van der Waals surface area contributed by atoms with Crippen LogP contribution >= 0.6 is 0 Å². The smallest absolute Gasteiger partial charge is 0.293 e. The van der Waals surface area contributed by atoms with Gasteiger partial charge in [0.05, 0.1) is 5.39 Å². The lowest BCUT2D eigenvalue weighted by Crippen LogP contribution is -2.30. The third-order valence-corrected chi connectivity index (χ3v) is 3.48. The topological polar surface area (TPSA) is 60.9 Å². The molecule has 0 saturated carbocycles. The summed E-state index contributed by atoms with van der Waals surface area (Å²) in [6.45, 7) is 4.06. The highest BCUT2D eigenvalue weighted by atomic mass is 16.1. The number of nitrogens with zero attached hydrogens (tertiary/aromatic N) is 2. The number of hydrogen-bond donors (Lipinski definition) is 1. The van der Waals surface area contributed by atoms with Crippen molar-refractivity contribution in [3.63, 3.8) is 0 Å². The van der Waals surface area contributed by atoms with Crippen molar-refractivity contribution in [3.8, 4) is 11.3 Å². The van der Waals surface area contributed by atoms with Gasteiger partial charge >= 0.3 is 0 Å². The normalized spacial score (nSPS) is 10.9. The molecule has 0 unspecified atom stereocenters. The fourth-order valence-corrected chi connectivity index (χ4v) is 2.40. The van der Waals surface area contributed by atoms with E-state index in [-0.39, 0.29) is 5.56 Å². The van der Waals surface area contributed by atoms with Gasteiger partial charge in [0.1, 0.15) is 5.69 Å². The predicted octanol–water partition coefficient (Wildman–Crippen LogP) is 2.39. The maximum absolute atomic E-state index is 12.0. The molecule has 3 rings (SSSR count). The molecule has 4 nitrogen and oxygen atoms in total. The first-order valence-corrected chi connectivity index (χ1v) is 6.42. The summed E-state index contributed by atoms with van der Waals surface area (Å²) in [6, 6.07) is 13.6. The summed E-state index contributed by atoms with van der Waals surface area (Å²) in [7, 11) is 0. The third-order valence-electron chi connectivity index (χ3n) is 3.48. The molecule has 0 aliphatic heterocycles. The van der Waals surface area contributed by atoms with E-state index in [9.17, 15) is 4.79 Å². The molecule has 0 atom stereocenters. The molecule has 3 aromatic rings. The first kappa shape index (κ1) is 12.4. The average molecular weight is 265 g/mol. The zero-order valence-electron chi connectivity index (χ0n) is 11.4. The number of aryl methyl sites for hydroxylation is 2. The number of benzene rings is 2. The van der Waals surface area contributed by atoms with Crippen LogP contribution in [0.5, 0.6) is 0 Å². The second kappa shape index (κ2) is 4.49. The van der Waals surface area contributed by atoms with Crippen LogP contribution in [-0.2, 0) is 0 Å². The van der Waals surface area contributed by atoms with E-state index in [1.165, 1.54) is 0 Å². The molecule has 4 heteroatoms. The van der Waals surface area contributed by atoms with Gasteiger partial charge in [0.25, 0.3) is 5.56 Å². The van der Waals surface area contributed by atoms with Gasteiger partial charge in [0, 0.05) is 10.9 Å². The van der Waals surface area contributed by atoms with Crippen LogP contribution < -0.4 is 11.4 Å². The van der Waals surface area contributed by atoms with Crippen LogP contribution in [0.25, 0.3) is 22.0 Å². The number of rotatable bonds is 1. The minimum Gasteiger partial charge on any atom is -0.320 e. The van der Waals surface area contributed by atoms with Crippen molar-refractivity contribution in [2.75, 3.05) is 5.84 Å². The van der Waals surface area contributed by atoms with E-state index >= 15 is 0 Å². The van der Waals surface area contributed by atoms with Crippen LogP contribution in [0.4, 0.5) is 0 Å². The Morgan fingerprint density at radius 2 is 1.75 bits per heavy atom. The highest BCUT2D eigenvalue weighted by Gasteiger charge is 2.12. The zero-order chi connectivity index (χ0) is 14.3. The van der Waals surface area contributed by atoms with Crippen molar-refractivity contribution >= 4 is 10.8 Å². The van der Waals surface area contributed by atoms with E-state index in [2.05, 4.69) is 17.2 Å². The first-order chi connectivity index (χ1) is 9.58. The summed E-state index contributed by atoms with van der Waals surface area (Å²) < 4.78 is 0. The van der Waals surface area contributed by atoms with E-state index in [0.29, 0.717) is 5.39 Å². The highest BCUT2D eigenvalue weighted by molar-refractivity contribution is 5.94. The largest absolute Gasteiger partial charge is 0.320 e. The summed E-state index contributed by atoms with van der Waals surface area (Å²) >= 11 is 0. The number of nitrogens with two attached hydrogens (primary N) is 1. The van der Waals surface area contributed by atoms with Crippen molar-refractivity contribution in [3.05, 3.63) is 63.9 Å². The van der Waals surface area contributed by atoms with Gasteiger partial charge in [-0.25, -0.2) is 0 Å². The van der Waals surface area contributed by atoms with Gasteiger partial charge in [-0.3, -0.25) is 4.79 Å². The number of nitrogen functional groups attached to an aromatic ring is 1. The molecule has 2 N–H and O–H groups in total. The van der Waals surface area contributed by atoms with E-state index in [0.717, 1.165) is 32.6 Å². The minimum atomic E-state index is -0.283. The molecule has 0 amide bonds. The zero-order valence-corrected chi connectivity index (χ0v) is 11.4. The van der Waals surface area contributed by atoms with E-state index in [4.69, 9.17) is 5.84 Å². The van der Waals surface area contributed by atoms with Crippen LogP contribution in [0.1, 0.15) is 11.1 Å². The van der Waals surface area contributed by atoms with Gasteiger partial charge in [0.2, 0.25) is 0 Å². The van der Waals surface area contributed by atoms with Gasteiger partial charge in [-0.05, 0) is 31.5 Å². The number of aromatic nitrogens is 2. The fraction of sp³-hybridized carbons (Fsp3) is 0.125. The van der Waals surface area contributed by atoms with Crippen molar-refractivity contribution in [2.45, 2.75) is 13.8 Å². The molecule has 0 radical (unpaired) electrons. The molecular weight excluding hydrogens is 250 g/mol. The Labute approximate surface area is 116 Å². The highest BCUT2D eigenvalue weighted by Crippen LogP contribution is 2.27. The Kier molecular flexibility index (Phi) is 2.79. The molecule has 0 saturated heterocycles. The Bertz CT molecular complexity index is 865. The van der Waals surface area contributed by atoms with E-state index < -0.39 is 0 Å². The molecule has 0 bridgehead atoms. The predicted molar refractivity (Wildman–Crippen MR) is 81.1 cm³/mol. The second-order valence-corrected chi connectivity index (χ2v) is 4.96. The van der Waals surface area contributed by atoms with Crippen molar-refractivity contribution in [1.29, 1.82) is 0 Å². The van der Waals surface area contributed by atoms with Crippen LogP contribution in [-0.4, -0.2) is 9.89 Å². The van der Waals surface area contributed by atoms with E-state index in [1.54, 1.807) is 6.07 Å². The lowest BCUT2D eigenvalue weighted by molar-refractivity contribution is 0.780. The number of hydrogen-bond acceptors (Lipinski definition) is 3. The van der Waals surface area contributed by atoms with Crippen molar-refractivity contribution in [1.82, 2.24) is 9.89 Å². The second-order valence-electron chi connectivity index (χ2n) is 4.96. The molecule has 2 aromatic carbocycles. The Morgan fingerprint density at radius 1 is 1.05 bits per heavy atom. The van der Waals surface area contributed by atoms with Crippen molar-refractivity contribution < 1.29 is 0 Å². The van der Waals surface area contributed by atoms with Crippen LogP contribution in [0.3, 0.4) is 0 Å². The summed E-state index contributed by atoms with van der Waals surface area (Å²) in [5, 5.41) is 5.67. The lowest BCUT2D eigenvalue weighted by atomic mass is 9.99. The first-order valence-electron chi connectivity index (χ1n) is 6.42. The summed E-state index contributed by atoms with van der Waals surface area (Å²) in [5.74, 6) is 5.71. The molecule has 1 heterocycles. The quantitative estimate of drug-likeness (QED) is 0.687. The fourth-order valence-electron chi connectivity index (χ4n) is 2.40. The Hall–Kier alpha value is -2.62. The maximum atomic E-state index is 12.0. The summed E-state index contributed by atoms with van der Waals surface area (Å²) in [6.07, 6.45) is 0. The molecule has 100 valence electrons. The van der Waals surface area contributed by atoms with E-state index in [1.807, 2.05) is 38.1 Å². The van der Waals surface area contributed by atoms with Gasteiger partial charge in [0.15, 0.2) is 0 Å². The molecule has 0 aliphatic carbocycles. The van der Waals surface area contributed by atoms with Crippen LogP contribution in [0, 0.1) is 13.8 Å². The minimum absolute atomic E-state index is 0.283. The molecule has 0 fully saturated rings. The lowest BCUT2D eigenvalue weighted by Gasteiger charge is -2.11. The molecule has 20 heavy (non-hydrogen) atoms.